The maximum Gasteiger partial charge on any atom is 0.146 e. The third-order valence-electron chi connectivity index (χ3n) is 4.90. The zero-order chi connectivity index (χ0) is 21.2. The van der Waals surface area contributed by atoms with Crippen molar-refractivity contribution in [2.75, 3.05) is 7.11 Å². The number of fused-ring (bicyclic) bond motifs is 4. The van der Waals surface area contributed by atoms with Gasteiger partial charge in [-0.05, 0) is 48.5 Å². The molecule has 0 saturated heterocycles. The van der Waals surface area contributed by atoms with Crippen molar-refractivity contribution in [3.05, 3.63) is 84.9 Å². The molecule has 0 amide bonds. The lowest BCUT2D eigenvalue weighted by molar-refractivity contribution is 0.419. The molecule has 0 atom stereocenters. The van der Waals surface area contributed by atoms with Crippen LogP contribution in [0.5, 0.6) is 11.5 Å². The summed E-state index contributed by atoms with van der Waals surface area (Å²) in [6.07, 6.45) is 0. The summed E-state index contributed by atoms with van der Waals surface area (Å²) >= 11 is 0. The summed E-state index contributed by atoms with van der Waals surface area (Å²) in [4.78, 5) is 17.9. The van der Waals surface area contributed by atoms with Gasteiger partial charge in [0.2, 0.25) is 0 Å². The number of aromatic hydroxyl groups is 1. The first-order valence-corrected chi connectivity index (χ1v) is 9.77. The monoisotopic (exact) mass is 406 g/mol. The highest BCUT2D eigenvalue weighted by Crippen LogP contribution is 2.24. The molecule has 150 valence electrons. The van der Waals surface area contributed by atoms with Crippen molar-refractivity contribution in [3.63, 3.8) is 0 Å². The number of nitrogens with zero attached hydrogens (tertiary/aromatic N) is 4. The third kappa shape index (κ3) is 3.55. The molecule has 0 unspecified atom stereocenters. The number of phenolic OH excluding ortho intramolecular Hbond substituents is 1. The van der Waals surface area contributed by atoms with Gasteiger partial charge in [-0.15, -0.1) is 0 Å². The van der Waals surface area contributed by atoms with E-state index in [1.807, 2.05) is 72.8 Å². The van der Waals surface area contributed by atoms with Gasteiger partial charge in [-0.1, -0.05) is 36.4 Å². The van der Waals surface area contributed by atoms with E-state index in [1.54, 1.807) is 19.2 Å². The fourth-order valence-corrected chi connectivity index (χ4v) is 3.41. The van der Waals surface area contributed by atoms with Gasteiger partial charge >= 0.3 is 0 Å². The molecule has 2 aromatic heterocycles. The number of aromatic nitrogens is 4. The first-order chi connectivity index (χ1) is 15.2. The average molecular weight is 406 g/mol. The van der Waals surface area contributed by atoms with Crippen LogP contribution in [-0.2, 0) is 0 Å². The zero-order valence-electron chi connectivity index (χ0n) is 16.7. The number of phenols is 1. The highest BCUT2D eigenvalue weighted by atomic mass is 16.5. The number of para-hydroxylation sites is 6. The van der Waals surface area contributed by atoms with E-state index >= 15 is 0 Å². The molecule has 0 fully saturated rings. The van der Waals surface area contributed by atoms with Crippen LogP contribution in [0.3, 0.4) is 0 Å². The summed E-state index contributed by atoms with van der Waals surface area (Å²) in [5.74, 6) is 0.932. The van der Waals surface area contributed by atoms with Crippen LogP contribution in [0.15, 0.2) is 84.9 Å². The number of ether oxygens (including phenoxy) is 1. The van der Waals surface area contributed by atoms with E-state index in [0.29, 0.717) is 11.0 Å². The first kappa shape index (κ1) is 18.7. The predicted octanol–water partition coefficient (Wildman–Crippen LogP) is 5.28. The standard InChI is InChI=1S/C13H10N2O.C12H8N2O/c1-16-12-8-4-7-11-13(12)15-10-6-3-2-5-9(10)14-11;15-11-7-3-6-10-12(11)14-9-5-2-1-4-8(9)13-10/h2-8H,1H3;1-7,15H. The number of methoxy groups -OCH3 is 1. The van der Waals surface area contributed by atoms with Gasteiger partial charge in [0.1, 0.15) is 22.5 Å². The minimum atomic E-state index is 0.172. The SMILES string of the molecule is COc1cccc2nc3ccccc3nc12.Oc1cccc2nc3ccccc3nc12. The van der Waals surface area contributed by atoms with E-state index in [4.69, 9.17) is 4.74 Å². The van der Waals surface area contributed by atoms with E-state index in [9.17, 15) is 5.11 Å². The lowest BCUT2D eigenvalue weighted by atomic mass is 10.2. The average Bonchev–Trinajstić information content (AvgIpc) is 2.82. The fraction of sp³-hybridized carbons (Fsp3) is 0.0400. The Kier molecular flexibility index (Phi) is 4.72. The molecule has 6 rings (SSSR count). The predicted molar refractivity (Wildman–Crippen MR) is 122 cm³/mol. The molecule has 1 N–H and O–H groups in total. The van der Waals surface area contributed by atoms with E-state index in [2.05, 4.69) is 19.9 Å². The number of hydrogen-bond donors (Lipinski definition) is 1. The minimum Gasteiger partial charge on any atom is -0.506 e. The zero-order valence-corrected chi connectivity index (χ0v) is 16.7. The number of rotatable bonds is 1. The summed E-state index contributed by atoms with van der Waals surface area (Å²) in [7, 11) is 1.64. The summed E-state index contributed by atoms with van der Waals surface area (Å²) in [6.45, 7) is 0. The smallest absolute Gasteiger partial charge is 0.146 e. The van der Waals surface area contributed by atoms with Crippen LogP contribution < -0.4 is 4.74 Å². The topological polar surface area (TPSA) is 81.0 Å². The van der Waals surface area contributed by atoms with Crippen molar-refractivity contribution in [1.82, 2.24) is 19.9 Å². The minimum absolute atomic E-state index is 0.172. The molecule has 6 nitrogen and oxygen atoms in total. The Morgan fingerprint density at radius 1 is 0.516 bits per heavy atom. The van der Waals surface area contributed by atoms with Crippen LogP contribution in [0.25, 0.3) is 44.1 Å². The molecule has 0 spiro atoms. The quantitative estimate of drug-likeness (QED) is 0.374. The van der Waals surface area contributed by atoms with Crippen LogP contribution in [0, 0.1) is 0 Å². The molecule has 31 heavy (non-hydrogen) atoms. The van der Waals surface area contributed by atoms with E-state index in [0.717, 1.165) is 38.8 Å². The van der Waals surface area contributed by atoms with Crippen molar-refractivity contribution in [2.24, 2.45) is 0 Å². The molecule has 0 aliphatic rings. The highest BCUT2D eigenvalue weighted by Gasteiger charge is 2.05. The first-order valence-electron chi connectivity index (χ1n) is 9.77. The molecule has 0 aliphatic heterocycles. The van der Waals surface area contributed by atoms with Crippen LogP contribution in [0.2, 0.25) is 0 Å². The molecular weight excluding hydrogens is 388 g/mol. The molecule has 0 aliphatic carbocycles. The van der Waals surface area contributed by atoms with Crippen LogP contribution >= 0.6 is 0 Å². The van der Waals surface area contributed by atoms with Crippen molar-refractivity contribution in [2.45, 2.75) is 0 Å². The van der Waals surface area contributed by atoms with Gasteiger partial charge in [-0.25, -0.2) is 19.9 Å². The van der Waals surface area contributed by atoms with Crippen LogP contribution in [-0.4, -0.2) is 32.2 Å². The third-order valence-corrected chi connectivity index (χ3v) is 4.90. The Labute approximate surface area is 177 Å². The van der Waals surface area contributed by atoms with Gasteiger partial charge in [-0.2, -0.15) is 0 Å². The Bertz CT molecular complexity index is 1550. The molecule has 6 heteroatoms. The lowest BCUT2D eigenvalue weighted by Gasteiger charge is -2.04. The Morgan fingerprint density at radius 3 is 1.55 bits per heavy atom. The number of hydrogen-bond acceptors (Lipinski definition) is 6. The van der Waals surface area contributed by atoms with E-state index in [-0.39, 0.29) is 5.75 Å². The maximum absolute atomic E-state index is 9.63. The lowest BCUT2D eigenvalue weighted by Crippen LogP contribution is -1.91. The van der Waals surface area contributed by atoms with Gasteiger partial charge in [0.05, 0.1) is 40.2 Å². The summed E-state index contributed by atoms with van der Waals surface area (Å²) < 4.78 is 5.27. The molecule has 0 bridgehead atoms. The molecule has 4 aromatic carbocycles. The summed E-state index contributed by atoms with van der Waals surface area (Å²) in [5.41, 5.74) is 6.37. The van der Waals surface area contributed by atoms with Gasteiger partial charge < -0.3 is 9.84 Å². The highest BCUT2D eigenvalue weighted by molar-refractivity contribution is 5.90. The van der Waals surface area contributed by atoms with Gasteiger partial charge in [-0.3, -0.25) is 0 Å². The van der Waals surface area contributed by atoms with Gasteiger partial charge in [0.25, 0.3) is 0 Å². The van der Waals surface area contributed by atoms with Crippen LogP contribution in [0.1, 0.15) is 0 Å². The Hall–Kier alpha value is -4.32. The second kappa shape index (κ2) is 7.84. The second-order valence-corrected chi connectivity index (χ2v) is 6.90. The Morgan fingerprint density at radius 2 is 0.968 bits per heavy atom. The second-order valence-electron chi connectivity index (χ2n) is 6.90. The van der Waals surface area contributed by atoms with Crippen molar-refractivity contribution in [3.8, 4) is 11.5 Å². The van der Waals surface area contributed by atoms with E-state index < -0.39 is 0 Å². The Balaban J connectivity index is 0.000000132. The summed E-state index contributed by atoms with van der Waals surface area (Å²) in [5, 5.41) is 9.63. The summed E-state index contributed by atoms with van der Waals surface area (Å²) in [6, 6.07) is 26.4. The fourth-order valence-electron chi connectivity index (χ4n) is 3.41. The van der Waals surface area contributed by atoms with Gasteiger partial charge in [0.15, 0.2) is 0 Å². The molecule has 6 aromatic rings. The van der Waals surface area contributed by atoms with Crippen molar-refractivity contribution in [1.29, 1.82) is 0 Å². The van der Waals surface area contributed by atoms with Crippen LogP contribution in [0.4, 0.5) is 0 Å². The maximum atomic E-state index is 9.63. The molecule has 0 saturated carbocycles. The largest absolute Gasteiger partial charge is 0.506 e. The van der Waals surface area contributed by atoms with Gasteiger partial charge in [0, 0.05) is 0 Å². The normalized spacial score (nSPS) is 10.9. The van der Waals surface area contributed by atoms with Crippen molar-refractivity contribution >= 4 is 44.1 Å². The number of benzene rings is 4. The molecular formula is C25H18N4O2. The molecule has 2 heterocycles. The van der Waals surface area contributed by atoms with Crippen molar-refractivity contribution < 1.29 is 9.84 Å². The molecule has 0 radical (unpaired) electrons. The van der Waals surface area contributed by atoms with E-state index in [1.165, 1.54) is 0 Å².